The fourth-order valence-corrected chi connectivity index (χ4v) is 9.08. The number of benzene rings is 8. The van der Waals surface area contributed by atoms with Crippen LogP contribution in [0.15, 0.2) is 158 Å². The maximum atomic E-state index is 6.79. The van der Waals surface area contributed by atoms with E-state index >= 15 is 0 Å². The maximum absolute atomic E-state index is 6.79. The van der Waals surface area contributed by atoms with Crippen LogP contribution in [0.2, 0.25) is 0 Å². The predicted molar refractivity (Wildman–Crippen MR) is 211 cm³/mol. The van der Waals surface area contributed by atoms with E-state index in [4.69, 9.17) is 9.47 Å². The highest BCUT2D eigenvalue weighted by Gasteiger charge is 2.44. The molecule has 1 aliphatic carbocycles. The van der Waals surface area contributed by atoms with E-state index in [1.165, 1.54) is 54.7 Å². The van der Waals surface area contributed by atoms with Gasteiger partial charge in [-0.1, -0.05) is 111 Å². The SMILES string of the molecule is CC1(C)c2cc3c(cc2-c2ccc4cc(N(c5ccccc5)c5ccccc5)ccc4c21)Oc1cccc2c1B3c1c(ccc3ccccc13)O2. The Balaban J connectivity index is 1.09. The van der Waals surface area contributed by atoms with Crippen molar-refractivity contribution in [3.8, 4) is 34.1 Å². The molecule has 0 unspecified atom stereocenters. The van der Waals surface area contributed by atoms with Gasteiger partial charge in [-0.2, -0.15) is 0 Å². The van der Waals surface area contributed by atoms with Gasteiger partial charge in [0.2, 0.25) is 0 Å². The zero-order valence-electron chi connectivity index (χ0n) is 28.4. The Hall–Kier alpha value is -6.26. The van der Waals surface area contributed by atoms with Crippen LogP contribution in [0.5, 0.6) is 23.0 Å². The molecule has 0 saturated heterocycles. The van der Waals surface area contributed by atoms with Gasteiger partial charge in [-0.25, -0.2) is 0 Å². The molecule has 8 aromatic carbocycles. The van der Waals surface area contributed by atoms with Crippen molar-refractivity contribution in [1.29, 1.82) is 0 Å². The van der Waals surface area contributed by atoms with E-state index in [-0.39, 0.29) is 12.1 Å². The summed E-state index contributed by atoms with van der Waals surface area (Å²) in [6, 6.07) is 56.7. The van der Waals surface area contributed by atoms with Crippen LogP contribution in [0, 0.1) is 0 Å². The Morgan fingerprint density at radius 2 is 1.14 bits per heavy atom. The maximum Gasteiger partial charge on any atom is 0.261 e. The second-order valence-corrected chi connectivity index (χ2v) is 14.5. The number of rotatable bonds is 3. The van der Waals surface area contributed by atoms with Crippen LogP contribution in [-0.4, -0.2) is 6.71 Å². The van der Waals surface area contributed by atoms with Gasteiger partial charge in [0.05, 0.1) is 0 Å². The molecule has 0 radical (unpaired) electrons. The molecule has 4 heteroatoms. The van der Waals surface area contributed by atoms with Crippen molar-refractivity contribution in [2.24, 2.45) is 0 Å². The van der Waals surface area contributed by atoms with Gasteiger partial charge in [0.25, 0.3) is 6.71 Å². The first-order valence-corrected chi connectivity index (χ1v) is 17.7. The largest absolute Gasteiger partial charge is 0.458 e. The van der Waals surface area contributed by atoms with Crippen molar-refractivity contribution >= 4 is 61.7 Å². The zero-order valence-corrected chi connectivity index (χ0v) is 28.4. The first kappa shape index (κ1) is 28.6. The van der Waals surface area contributed by atoms with Crippen LogP contribution >= 0.6 is 0 Å². The molecule has 11 rings (SSSR count). The molecule has 0 aromatic heterocycles. The molecule has 2 aliphatic heterocycles. The molecule has 3 nitrogen and oxygen atoms in total. The molecular formula is C47H32BNO2. The summed E-state index contributed by atoms with van der Waals surface area (Å²) >= 11 is 0. The van der Waals surface area contributed by atoms with Gasteiger partial charge in [0.1, 0.15) is 23.0 Å². The lowest BCUT2D eigenvalue weighted by Gasteiger charge is -2.34. The van der Waals surface area contributed by atoms with E-state index in [9.17, 15) is 0 Å². The number of hydrogen-bond donors (Lipinski definition) is 0. The third-order valence-electron chi connectivity index (χ3n) is 11.3. The third kappa shape index (κ3) is 4.02. The summed E-state index contributed by atoms with van der Waals surface area (Å²) in [4.78, 5) is 2.33. The molecule has 3 aliphatic rings. The number of fused-ring (bicyclic) bond motifs is 11. The lowest BCUT2D eigenvalue weighted by atomic mass is 9.34. The van der Waals surface area contributed by atoms with Crippen molar-refractivity contribution in [3.63, 3.8) is 0 Å². The van der Waals surface area contributed by atoms with Gasteiger partial charge in [-0.3, -0.25) is 0 Å². The van der Waals surface area contributed by atoms with Crippen LogP contribution in [0.4, 0.5) is 17.1 Å². The summed E-state index contributed by atoms with van der Waals surface area (Å²) < 4.78 is 13.4. The lowest BCUT2D eigenvalue weighted by Crippen LogP contribution is -2.57. The first-order chi connectivity index (χ1) is 25.0. The molecule has 240 valence electrons. The Labute approximate surface area is 297 Å². The Morgan fingerprint density at radius 3 is 1.90 bits per heavy atom. The van der Waals surface area contributed by atoms with E-state index in [2.05, 4.69) is 170 Å². The van der Waals surface area contributed by atoms with E-state index in [1.54, 1.807) is 0 Å². The van der Waals surface area contributed by atoms with Crippen molar-refractivity contribution in [2.45, 2.75) is 19.3 Å². The van der Waals surface area contributed by atoms with Gasteiger partial charge in [0.15, 0.2) is 0 Å². The normalized spacial score (nSPS) is 14.1. The summed E-state index contributed by atoms with van der Waals surface area (Å²) in [6.45, 7) is 4.77. The number of ether oxygens (including phenoxy) is 2. The Kier molecular flexibility index (Phi) is 5.82. The van der Waals surface area contributed by atoms with Gasteiger partial charge in [0, 0.05) is 27.9 Å². The fraction of sp³-hybridized carbons (Fsp3) is 0.0638. The topological polar surface area (TPSA) is 21.7 Å². The minimum atomic E-state index is -0.230. The number of para-hydroxylation sites is 2. The first-order valence-electron chi connectivity index (χ1n) is 17.7. The van der Waals surface area contributed by atoms with E-state index in [1.807, 2.05) is 6.07 Å². The molecule has 0 amide bonds. The highest BCUT2D eigenvalue weighted by atomic mass is 16.5. The molecule has 0 atom stereocenters. The molecule has 0 bridgehead atoms. The summed E-state index contributed by atoms with van der Waals surface area (Å²) in [5, 5.41) is 4.95. The Bertz CT molecular complexity index is 2700. The van der Waals surface area contributed by atoms with Crippen molar-refractivity contribution in [3.05, 3.63) is 169 Å². The van der Waals surface area contributed by atoms with E-state index in [0.29, 0.717) is 0 Å². The van der Waals surface area contributed by atoms with Gasteiger partial charge in [-0.15, -0.1) is 0 Å². The van der Waals surface area contributed by atoms with E-state index < -0.39 is 0 Å². The van der Waals surface area contributed by atoms with Crippen molar-refractivity contribution in [2.75, 3.05) is 4.90 Å². The molecule has 51 heavy (non-hydrogen) atoms. The number of anilines is 3. The summed E-state index contributed by atoms with van der Waals surface area (Å²) in [5.74, 6) is 3.58. The van der Waals surface area contributed by atoms with Crippen molar-refractivity contribution in [1.82, 2.24) is 0 Å². The van der Waals surface area contributed by atoms with Crippen LogP contribution in [0.25, 0.3) is 32.7 Å². The fourth-order valence-electron chi connectivity index (χ4n) is 9.08. The molecule has 8 aromatic rings. The second kappa shape index (κ2) is 10.4. The average molecular weight is 654 g/mol. The van der Waals surface area contributed by atoms with Gasteiger partial charge >= 0.3 is 0 Å². The average Bonchev–Trinajstić information content (AvgIpc) is 3.40. The van der Waals surface area contributed by atoms with Crippen LogP contribution in [0.3, 0.4) is 0 Å². The van der Waals surface area contributed by atoms with Crippen LogP contribution in [0.1, 0.15) is 25.0 Å². The number of hydrogen-bond acceptors (Lipinski definition) is 3. The van der Waals surface area contributed by atoms with Gasteiger partial charge < -0.3 is 14.4 Å². The molecule has 0 fully saturated rings. The minimum absolute atomic E-state index is 0.000806. The highest BCUT2D eigenvalue weighted by molar-refractivity contribution is 6.99. The quantitative estimate of drug-likeness (QED) is 0.177. The Morgan fingerprint density at radius 1 is 0.471 bits per heavy atom. The molecule has 0 spiro atoms. The van der Waals surface area contributed by atoms with Crippen LogP contribution in [-0.2, 0) is 5.41 Å². The highest BCUT2D eigenvalue weighted by Crippen LogP contribution is 2.53. The predicted octanol–water partition coefficient (Wildman–Crippen LogP) is 10.5. The minimum Gasteiger partial charge on any atom is -0.458 e. The smallest absolute Gasteiger partial charge is 0.261 e. The van der Waals surface area contributed by atoms with Crippen LogP contribution < -0.4 is 30.8 Å². The molecule has 2 heterocycles. The third-order valence-corrected chi connectivity index (χ3v) is 11.3. The summed E-state index contributed by atoms with van der Waals surface area (Å²) in [7, 11) is 0. The van der Waals surface area contributed by atoms with Gasteiger partial charge in [-0.05, 0) is 115 Å². The number of nitrogens with zero attached hydrogens (tertiary/aromatic N) is 1. The lowest BCUT2D eigenvalue weighted by molar-refractivity contribution is 0.465. The molecular weight excluding hydrogens is 621 g/mol. The van der Waals surface area contributed by atoms with E-state index in [0.717, 1.165) is 45.5 Å². The zero-order chi connectivity index (χ0) is 33.8. The monoisotopic (exact) mass is 653 g/mol. The standard InChI is InChI=1S/C47H32BNO2/c1-47(2)38-28-39-43(51-41-19-11-18-40-46(41)48(39)45-35-17-10-9-12-29(35)21-25-42(45)50-40)27-37(38)36-23-20-30-26-33(22-24-34(30)44(36)47)49(31-13-5-3-6-14-31)32-15-7-4-8-16-32/h3-28H,1-2H3. The second-order valence-electron chi connectivity index (χ2n) is 14.5. The summed E-state index contributed by atoms with van der Waals surface area (Å²) in [5.41, 5.74) is 11.9. The summed E-state index contributed by atoms with van der Waals surface area (Å²) in [6.07, 6.45) is 0. The van der Waals surface area contributed by atoms with Crippen molar-refractivity contribution < 1.29 is 9.47 Å². The molecule has 0 N–H and O–H groups in total. The molecule has 0 saturated carbocycles.